The molecule has 1 saturated carbocycles. The second-order valence-corrected chi connectivity index (χ2v) is 8.13. The van der Waals surface area contributed by atoms with Crippen LogP contribution in [-0.4, -0.2) is 6.18 Å². The quantitative estimate of drug-likeness (QED) is 0.244. The van der Waals surface area contributed by atoms with Gasteiger partial charge in [-0.3, -0.25) is 0 Å². The molecule has 1 aliphatic rings. The fourth-order valence-corrected chi connectivity index (χ4v) is 4.10. The molecule has 0 atom stereocenters. The van der Waals surface area contributed by atoms with Crippen LogP contribution in [0.25, 0.3) is 11.1 Å². The number of halogens is 6. The molecule has 0 heterocycles. The Balaban J connectivity index is 1.76. The number of hydrogen-bond donors (Lipinski definition) is 0. The molecule has 3 rings (SSSR count). The van der Waals surface area contributed by atoms with Gasteiger partial charge in [-0.05, 0) is 73.3 Å². The Morgan fingerprint density at radius 3 is 2.16 bits per heavy atom. The Morgan fingerprint density at radius 2 is 1.59 bits per heavy atom. The van der Waals surface area contributed by atoms with Crippen molar-refractivity contribution in [1.82, 2.24) is 0 Å². The van der Waals surface area contributed by atoms with Gasteiger partial charge in [0.05, 0.1) is 5.56 Å². The van der Waals surface area contributed by atoms with Crippen LogP contribution in [0.15, 0.2) is 42.5 Å². The third kappa shape index (κ3) is 6.18. The SMILES string of the molecule is CCC/C=C/C1CCC(c2ccc(-c3cc(F)c(C#CC(F)(F)F)c(F)c3)c(F)c2)CC1. The summed E-state index contributed by atoms with van der Waals surface area (Å²) in [5.41, 5.74) is -0.256. The smallest absolute Gasteiger partial charge is 0.206 e. The highest BCUT2D eigenvalue weighted by atomic mass is 19.4. The van der Waals surface area contributed by atoms with E-state index in [1.807, 2.05) is 0 Å². The van der Waals surface area contributed by atoms with Gasteiger partial charge in [0.1, 0.15) is 17.5 Å². The molecule has 0 aromatic heterocycles. The van der Waals surface area contributed by atoms with Crippen molar-refractivity contribution in [1.29, 1.82) is 0 Å². The van der Waals surface area contributed by atoms with Crippen LogP contribution in [0, 0.1) is 35.2 Å². The molecule has 2 aromatic rings. The normalized spacial score (nSPS) is 19.1. The van der Waals surface area contributed by atoms with Gasteiger partial charge in [-0.1, -0.05) is 43.5 Å². The predicted molar refractivity (Wildman–Crippen MR) is 113 cm³/mol. The molecule has 1 fully saturated rings. The molecule has 2 aromatic carbocycles. The first-order valence-corrected chi connectivity index (χ1v) is 10.7. The molecule has 0 bridgehead atoms. The third-order valence-corrected chi connectivity index (χ3v) is 5.78. The summed E-state index contributed by atoms with van der Waals surface area (Å²) >= 11 is 0. The van der Waals surface area contributed by atoms with Gasteiger partial charge in [-0.15, -0.1) is 0 Å². The summed E-state index contributed by atoms with van der Waals surface area (Å²) in [5.74, 6) is -0.0838. The molecule has 0 nitrogen and oxygen atoms in total. The van der Waals surface area contributed by atoms with Crippen molar-refractivity contribution in [3.63, 3.8) is 0 Å². The van der Waals surface area contributed by atoms with Crippen molar-refractivity contribution in [2.24, 2.45) is 5.92 Å². The molecule has 32 heavy (non-hydrogen) atoms. The van der Waals surface area contributed by atoms with Gasteiger partial charge in [0, 0.05) is 11.5 Å². The second-order valence-electron chi connectivity index (χ2n) is 8.13. The van der Waals surface area contributed by atoms with Crippen molar-refractivity contribution >= 4 is 0 Å². The first-order valence-electron chi connectivity index (χ1n) is 10.7. The summed E-state index contributed by atoms with van der Waals surface area (Å²) in [5, 5.41) is 0. The predicted octanol–water partition coefficient (Wildman–Crippen LogP) is 8.31. The minimum Gasteiger partial charge on any atom is -0.206 e. The largest absolute Gasteiger partial charge is 0.458 e. The molecular formula is C26H24F6. The van der Waals surface area contributed by atoms with Gasteiger partial charge in [0.25, 0.3) is 0 Å². The Kier molecular flexibility index (Phi) is 7.71. The van der Waals surface area contributed by atoms with Crippen molar-refractivity contribution in [2.45, 2.75) is 57.5 Å². The Bertz CT molecular complexity index is 1010. The van der Waals surface area contributed by atoms with Crippen molar-refractivity contribution in [3.8, 4) is 23.0 Å². The van der Waals surface area contributed by atoms with Gasteiger partial charge in [-0.25, -0.2) is 13.2 Å². The monoisotopic (exact) mass is 450 g/mol. The van der Waals surface area contributed by atoms with E-state index < -0.39 is 29.2 Å². The van der Waals surface area contributed by atoms with E-state index in [9.17, 15) is 26.3 Å². The summed E-state index contributed by atoms with van der Waals surface area (Å²) in [6.07, 6.45) is 5.76. The van der Waals surface area contributed by atoms with Crippen molar-refractivity contribution < 1.29 is 26.3 Å². The van der Waals surface area contributed by atoms with Gasteiger partial charge < -0.3 is 0 Å². The van der Waals surface area contributed by atoms with Gasteiger partial charge in [-0.2, -0.15) is 13.2 Å². The van der Waals surface area contributed by atoms with Gasteiger partial charge >= 0.3 is 6.18 Å². The maximum atomic E-state index is 14.8. The van der Waals surface area contributed by atoms with E-state index in [1.165, 1.54) is 18.1 Å². The Hall–Kier alpha value is -2.68. The zero-order valence-corrected chi connectivity index (χ0v) is 17.7. The lowest BCUT2D eigenvalue weighted by Crippen LogP contribution is -2.12. The van der Waals surface area contributed by atoms with Crippen LogP contribution in [0.4, 0.5) is 26.3 Å². The number of benzene rings is 2. The molecule has 0 radical (unpaired) electrons. The lowest BCUT2D eigenvalue weighted by Gasteiger charge is -2.27. The van der Waals surface area contributed by atoms with Crippen LogP contribution in [-0.2, 0) is 0 Å². The first-order chi connectivity index (χ1) is 15.2. The number of allylic oxidation sites excluding steroid dienone is 2. The highest BCUT2D eigenvalue weighted by Crippen LogP contribution is 2.38. The van der Waals surface area contributed by atoms with Crippen LogP contribution in [0.5, 0.6) is 0 Å². The van der Waals surface area contributed by atoms with E-state index in [1.54, 1.807) is 6.07 Å². The average Bonchev–Trinajstić information content (AvgIpc) is 2.73. The standard InChI is InChI=1S/C26H24F6/c1-2-3-4-5-17-6-8-18(9-7-17)19-10-11-21(23(27)14-19)20-15-24(28)22(25(29)16-20)12-13-26(30,31)32/h4-5,10-11,14-18H,2-3,6-9H2,1H3/b5-4+. The van der Waals surface area contributed by atoms with E-state index in [0.717, 1.165) is 62.1 Å². The number of hydrogen-bond acceptors (Lipinski definition) is 0. The highest BCUT2D eigenvalue weighted by Gasteiger charge is 2.24. The molecule has 0 amide bonds. The topological polar surface area (TPSA) is 0 Å². The molecule has 170 valence electrons. The van der Waals surface area contributed by atoms with Crippen LogP contribution in [0.2, 0.25) is 0 Å². The lowest BCUT2D eigenvalue weighted by molar-refractivity contribution is -0.0696. The zero-order chi connectivity index (χ0) is 23.3. The minimum absolute atomic E-state index is 0.0157. The zero-order valence-electron chi connectivity index (χ0n) is 17.7. The van der Waals surface area contributed by atoms with E-state index >= 15 is 0 Å². The maximum absolute atomic E-state index is 14.8. The number of alkyl halides is 3. The van der Waals surface area contributed by atoms with Crippen LogP contribution < -0.4 is 0 Å². The van der Waals surface area contributed by atoms with E-state index in [-0.39, 0.29) is 17.0 Å². The summed E-state index contributed by atoms with van der Waals surface area (Å²) in [6.45, 7) is 2.14. The molecule has 0 aliphatic heterocycles. The van der Waals surface area contributed by atoms with E-state index in [4.69, 9.17) is 0 Å². The maximum Gasteiger partial charge on any atom is 0.458 e. The fourth-order valence-electron chi connectivity index (χ4n) is 4.10. The first kappa shape index (κ1) is 24.0. The molecule has 0 spiro atoms. The van der Waals surface area contributed by atoms with Crippen molar-refractivity contribution in [2.75, 3.05) is 0 Å². The van der Waals surface area contributed by atoms with E-state index in [0.29, 0.717) is 5.92 Å². The molecular weight excluding hydrogens is 426 g/mol. The summed E-state index contributed by atoms with van der Waals surface area (Å²) in [6, 6.07) is 6.21. The van der Waals surface area contributed by atoms with Gasteiger partial charge in [0.2, 0.25) is 0 Å². The van der Waals surface area contributed by atoms with E-state index in [2.05, 4.69) is 19.1 Å². The lowest BCUT2D eigenvalue weighted by atomic mass is 9.78. The Morgan fingerprint density at radius 1 is 0.938 bits per heavy atom. The average molecular weight is 450 g/mol. The number of unbranched alkanes of at least 4 members (excludes halogenated alkanes) is 1. The summed E-state index contributed by atoms with van der Waals surface area (Å²) in [7, 11) is 0. The number of rotatable bonds is 5. The van der Waals surface area contributed by atoms with Crippen LogP contribution >= 0.6 is 0 Å². The van der Waals surface area contributed by atoms with Crippen molar-refractivity contribution in [3.05, 3.63) is 71.1 Å². The minimum atomic E-state index is -4.87. The molecule has 6 heteroatoms. The van der Waals surface area contributed by atoms with Gasteiger partial charge in [0.15, 0.2) is 0 Å². The second kappa shape index (κ2) is 10.3. The summed E-state index contributed by atoms with van der Waals surface area (Å²) in [4.78, 5) is 0. The highest BCUT2D eigenvalue weighted by molar-refractivity contribution is 5.66. The molecule has 0 saturated heterocycles. The summed E-state index contributed by atoms with van der Waals surface area (Å²) < 4.78 is 79.8. The fraction of sp³-hybridized carbons (Fsp3) is 0.385. The Labute approximate surface area is 184 Å². The molecule has 0 unspecified atom stereocenters. The van der Waals surface area contributed by atoms with Crippen LogP contribution in [0.3, 0.4) is 0 Å². The molecule has 1 aliphatic carbocycles. The molecule has 0 N–H and O–H groups in total. The third-order valence-electron chi connectivity index (χ3n) is 5.78. The van der Waals surface area contributed by atoms with Crippen LogP contribution in [0.1, 0.15) is 62.5 Å².